The Kier molecular flexibility index (Phi) is 59.9. The lowest BCUT2D eigenvalue weighted by Crippen LogP contribution is -2.32. The van der Waals surface area contributed by atoms with Gasteiger partial charge in [-0.1, -0.05) is 209 Å². The van der Waals surface area contributed by atoms with Gasteiger partial charge in [0.2, 0.25) is 34.8 Å². The van der Waals surface area contributed by atoms with Crippen LogP contribution < -0.4 is 15.4 Å². The molecule has 0 heterocycles. The first kappa shape index (κ1) is 100. The van der Waals surface area contributed by atoms with Gasteiger partial charge in [0.1, 0.15) is 24.4 Å². The summed E-state index contributed by atoms with van der Waals surface area (Å²) in [6, 6.07) is 3.36. The Labute approximate surface area is 661 Å². The minimum atomic E-state index is -2.44. The lowest BCUT2D eigenvalue weighted by Gasteiger charge is -2.22. The van der Waals surface area contributed by atoms with Crippen molar-refractivity contribution in [2.75, 3.05) is 52.4 Å². The summed E-state index contributed by atoms with van der Waals surface area (Å²) in [5.74, 6) is -17.0. The number of nitrogens with zero attached hydrogens (tertiary/aromatic N) is 2. The van der Waals surface area contributed by atoms with E-state index in [-0.39, 0.29) is 72.5 Å². The molecule has 0 aromatic heterocycles. The van der Waals surface area contributed by atoms with E-state index < -0.39 is 58.2 Å². The van der Waals surface area contributed by atoms with E-state index in [1.54, 1.807) is 0 Å². The Morgan fingerprint density at radius 2 is 0.536 bits per heavy atom. The Morgan fingerprint density at radius 3 is 0.800 bits per heavy atom. The molecule has 2 aromatic rings. The van der Waals surface area contributed by atoms with Gasteiger partial charge in [-0.25, -0.2) is 18.0 Å². The van der Waals surface area contributed by atoms with Gasteiger partial charge < -0.3 is 44.1 Å². The molecule has 0 saturated heterocycles. The van der Waals surface area contributed by atoms with Gasteiger partial charge in [0.25, 0.3) is 11.8 Å². The van der Waals surface area contributed by atoms with E-state index in [2.05, 4.69) is 75.8 Å². The molecule has 4 atom stereocenters. The number of nitrogens with one attached hydrogen (secondary N) is 2. The predicted octanol–water partition coefficient (Wildman–Crippen LogP) is 23.0. The fraction of sp³-hybridized carbons (Fsp3) is 0.787. The summed E-state index contributed by atoms with van der Waals surface area (Å²) in [6.07, 6.45) is 45.9. The highest BCUT2D eigenvalue weighted by Crippen LogP contribution is 2.31. The Balaban J connectivity index is 2.20. The van der Waals surface area contributed by atoms with Crippen molar-refractivity contribution >= 4 is 41.7 Å². The fourth-order valence-corrected chi connectivity index (χ4v) is 13.8. The van der Waals surface area contributed by atoms with Crippen molar-refractivity contribution in [3.8, 4) is 5.75 Å². The van der Waals surface area contributed by atoms with Gasteiger partial charge in [0, 0.05) is 49.9 Å². The van der Waals surface area contributed by atoms with Crippen molar-refractivity contribution in [1.29, 1.82) is 0 Å². The molecule has 0 fully saturated rings. The molecule has 0 radical (unpaired) electrons. The minimum absolute atomic E-state index is 0.0131. The maximum Gasteiger partial charge on any atom is 0.343 e. The number of carbonyl (C=O) groups excluding carboxylic acids is 7. The summed E-state index contributed by atoms with van der Waals surface area (Å²) < 4.78 is 100. The molecule has 2 N–H and O–H groups in total. The van der Waals surface area contributed by atoms with E-state index in [1.807, 2.05) is 0 Å². The number of hydrogen-bond donors (Lipinski definition) is 2. The number of halogens is 5. The fourth-order valence-electron chi connectivity index (χ4n) is 13.8. The highest BCUT2D eigenvalue weighted by Gasteiger charge is 2.30. The standard InChI is InChI=1S/C89H149F5N4O12/c1-9-17-37-51-73(13-5)106-77(99)55-41-29-21-25-33-45-61-97(62-46-34-26-22-30-42-56-78(100)107-74(14-6)52-38-18-10-2)65-49-59-95-87(103)70-67-71(69-72(68-70)89(105)110-86-84(93)82(91)81(90)83(92)85(86)94)88(104)96-60-50-66-98(63-47-35-27-23-31-43-57-79(101)108-75(15-7)53-39-19-11-3)64-48-36-28-24-32-44-58-80(102)109-76(16-8)54-40-20-12-4/h67-69,73-76H,9-66H2,1-8H3,(H,95,103)(H,96,104). The molecule has 0 aliphatic carbocycles. The van der Waals surface area contributed by atoms with Crippen LogP contribution >= 0.6 is 0 Å². The van der Waals surface area contributed by atoms with Crippen LogP contribution in [0.5, 0.6) is 5.75 Å². The van der Waals surface area contributed by atoms with E-state index >= 15 is 0 Å². The van der Waals surface area contributed by atoms with Crippen LogP contribution in [0.4, 0.5) is 22.0 Å². The second kappa shape index (κ2) is 65.7. The quantitative estimate of drug-likeness (QED) is 0.0121. The SMILES string of the molecule is CCCCCC(CC)OC(=O)CCCCCCCCN(CCCCCCCCC(=O)OC(CC)CCCCC)CCCNC(=O)c1cc(C(=O)NCCCN(CCCCCCCCC(=O)OC(CC)CCCCC)CCCCCCCCC(=O)OC(CC)CCCCC)cc(C(=O)Oc2c(F)c(F)c(F)c(F)c2F)c1. The van der Waals surface area contributed by atoms with Gasteiger partial charge in [0.05, 0.1) is 5.56 Å². The normalized spacial score (nSPS) is 12.6. The molecule has 2 aromatic carbocycles. The number of hydrogen-bond acceptors (Lipinski definition) is 14. The van der Waals surface area contributed by atoms with Gasteiger partial charge in [-0.3, -0.25) is 28.8 Å². The van der Waals surface area contributed by atoms with Crippen molar-refractivity contribution in [2.45, 2.75) is 401 Å². The zero-order valence-electron chi connectivity index (χ0n) is 69.7. The summed E-state index contributed by atoms with van der Waals surface area (Å²) in [7, 11) is 0. The zero-order chi connectivity index (χ0) is 80.8. The van der Waals surface area contributed by atoms with E-state index in [4.69, 9.17) is 23.7 Å². The molecule has 0 aliphatic rings. The summed E-state index contributed by atoms with van der Waals surface area (Å²) in [6.45, 7) is 21.9. The number of amides is 2. The van der Waals surface area contributed by atoms with Gasteiger partial charge in [-0.15, -0.1) is 0 Å². The van der Waals surface area contributed by atoms with Gasteiger partial charge in [0.15, 0.2) is 0 Å². The first-order chi connectivity index (χ1) is 53.3. The van der Waals surface area contributed by atoms with E-state index in [0.29, 0.717) is 51.6 Å². The van der Waals surface area contributed by atoms with Crippen LogP contribution in [0.2, 0.25) is 0 Å². The second-order valence-corrected chi connectivity index (χ2v) is 30.5. The molecule has 4 unspecified atom stereocenters. The van der Waals surface area contributed by atoms with Crippen LogP contribution in [0.1, 0.15) is 408 Å². The largest absolute Gasteiger partial charge is 0.462 e. The van der Waals surface area contributed by atoms with Crippen LogP contribution in [0.3, 0.4) is 0 Å². The average Bonchev–Trinajstić information content (AvgIpc) is 0.750. The minimum Gasteiger partial charge on any atom is -0.462 e. The smallest absolute Gasteiger partial charge is 0.343 e. The number of carbonyl (C=O) groups is 7. The van der Waals surface area contributed by atoms with Crippen molar-refractivity contribution in [2.24, 2.45) is 0 Å². The molecule has 2 amide bonds. The number of rotatable bonds is 72. The van der Waals surface area contributed by atoms with Crippen molar-refractivity contribution in [1.82, 2.24) is 20.4 Å². The molecule has 0 spiro atoms. The molecule has 0 aliphatic heterocycles. The highest BCUT2D eigenvalue weighted by atomic mass is 19.2. The molecule has 110 heavy (non-hydrogen) atoms. The Morgan fingerprint density at radius 1 is 0.300 bits per heavy atom. The molecule has 632 valence electrons. The van der Waals surface area contributed by atoms with Gasteiger partial charge >= 0.3 is 29.8 Å². The monoisotopic (exact) mass is 1560 g/mol. The average molecular weight is 1560 g/mol. The van der Waals surface area contributed by atoms with Crippen molar-refractivity contribution < 1.29 is 79.2 Å². The summed E-state index contributed by atoms with van der Waals surface area (Å²) in [4.78, 5) is 97.0. The van der Waals surface area contributed by atoms with Gasteiger partial charge in [-0.05, 0) is 199 Å². The van der Waals surface area contributed by atoms with E-state index in [1.165, 1.54) is 6.07 Å². The first-order valence-corrected chi connectivity index (χ1v) is 44.0. The first-order valence-electron chi connectivity index (χ1n) is 44.0. The van der Waals surface area contributed by atoms with Crippen LogP contribution in [-0.2, 0) is 38.1 Å². The number of ether oxygens (including phenoxy) is 5. The maximum atomic E-state index is 14.9. The van der Waals surface area contributed by atoms with Crippen molar-refractivity contribution in [3.05, 3.63) is 64.0 Å². The molecule has 2 rings (SSSR count). The summed E-state index contributed by atoms with van der Waals surface area (Å²) in [5, 5.41) is 5.77. The predicted molar refractivity (Wildman–Crippen MR) is 431 cm³/mol. The number of benzene rings is 2. The Hall–Kier alpha value is -5.70. The van der Waals surface area contributed by atoms with Crippen molar-refractivity contribution in [3.63, 3.8) is 0 Å². The molecular weight excluding hydrogens is 1410 g/mol. The lowest BCUT2D eigenvalue weighted by molar-refractivity contribution is -0.150. The third-order valence-electron chi connectivity index (χ3n) is 20.9. The van der Waals surface area contributed by atoms with E-state index in [0.717, 1.165) is 321 Å². The summed E-state index contributed by atoms with van der Waals surface area (Å²) >= 11 is 0. The number of unbranched alkanes of at least 4 members (excludes halogenated alkanes) is 28. The van der Waals surface area contributed by atoms with E-state index in [9.17, 15) is 55.5 Å². The second-order valence-electron chi connectivity index (χ2n) is 30.5. The van der Waals surface area contributed by atoms with Crippen LogP contribution in [0.15, 0.2) is 18.2 Å². The molecule has 0 bridgehead atoms. The third kappa shape index (κ3) is 47.7. The van der Waals surface area contributed by atoms with Crippen LogP contribution in [0, 0.1) is 29.1 Å². The maximum absolute atomic E-state index is 14.9. The van der Waals surface area contributed by atoms with Crippen LogP contribution in [-0.4, -0.2) is 128 Å². The Bertz CT molecular complexity index is 2530. The highest BCUT2D eigenvalue weighted by molar-refractivity contribution is 6.03. The number of esters is 5. The molecular formula is C89H149F5N4O12. The zero-order valence-corrected chi connectivity index (χ0v) is 69.7. The molecule has 0 saturated carbocycles. The lowest BCUT2D eigenvalue weighted by atomic mass is 10.0. The molecule has 16 nitrogen and oxygen atoms in total. The van der Waals surface area contributed by atoms with Gasteiger partial charge in [-0.2, -0.15) is 8.78 Å². The third-order valence-corrected chi connectivity index (χ3v) is 20.9. The summed E-state index contributed by atoms with van der Waals surface area (Å²) in [5.41, 5.74) is -0.909. The topological polar surface area (TPSA) is 196 Å². The van der Waals surface area contributed by atoms with Crippen LogP contribution in [0.25, 0.3) is 0 Å². The molecule has 21 heteroatoms.